The Labute approximate surface area is 99.6 Å². The van der Waals surface area contributed by atoms with Crippen LogP contribution < -0.4 is 4.90 Å². The highest BCUT2D eigenvalue weighted by molar-refractivity contribution is 6.43. The number of fused-ring (bicyclic) bond motifs is 1. The van der Waals surface area contributed by atoms with Crippen LogP contribution >= 0.6 is 0 Å². The molecule has 2 aliphatic rings. The second kappa shape index (κ2) is 3.87. The normalized spacial score (nSPS) is 18.1. The Hall–Kier alpha value is -1.84. The van der Waals surface area contributed by atoms with Gasteiger partial charge in [0, 0.05) is 24.3 Å². The minimum absolute atomic E-state index is 0.202. The Kier molecular flexibility index (Phi) is 2.35. The Balaban J connectivity index is 1.92. The largest absolute Gasteiger partial charge is 0.477 e. The molecule has 1 aromatic rings. The highest BCUT2D eigenvalue weighted by Crippen LogP contribution is 2.27. The summed E-state index contributed by atoms with van der Waals surface area (Å²) in [5, 5.41) is 9.00. The molecule has 0 bridgehead atoms. The van der Waals surface area contributed by atoms with Crippen LogP contribution in [0.25, 0.3) is 0 Å². The molecule has 88 valence electrons. The molecule has 0 atom stereocenters. The summed E-state index contributed by atoms with van der Waals surface area (Å²) in [4.78, 5) is 17.4. The summed E-state index contributed by atoms with van der Waals surface area (Å²) in [5.41, 5.74) is 3.21. The van der Waals surface area contributed by atoms with E-state index in [9.17, 15) is 4.79 Å². The average molecular weight is 230 g/mol. The second-order valence-corrected chi connectivity index (χ2v) is 4.51. The smallest absolute Gasteiger partial charge is 0.354 e. The number of rotatable bonds is 2. The SMILES string of the molecule is O=C(O)C1=NCc2cc(N3CCCC3)ccc21. The average Bonchev–Trinajstić information content (AvgIpc) is 2.97. The van der Waals surface area contributed by atoms with Crippen LogP contribution in [0.15, 0.2) is 23.2 Å². The van der Waals surface area contributed by atoms with E-state index in [-0.39, 0.29) is 5.71 Å². The number of hydrogen-bond acceptors (Lipinski definition) is 3. The molecule has 1 N–H and O–H groups in total. The maximum Gasteiger partial charge on any atom is 0.354 e. The molecule has 0 radical (unpaired) electrons. The minimum atomic E-state index is -0.933. The van der Waals surface area contributed by atoms with Crippen molar-refractivity contribution in [2.45, 2.75) is 19.4 Å². The van der Waals surface area contributed by atoms with Crippen molar-refractivity contribution >= 4 is 17.4 Å². The second-order valence-electron chi connectivity index (χ2n) is 4.51. The number of hydrogen-bond donors (Lipinski definition) is 1. The number of benzene rings is 1. The Morgan fingerprint density at radius 3 is 2.76 bits per heavy atom. The number of carboxylic acid groups (broad SMARTS) is 1. The first-order chi connectivity index (χ1) is 8.25. The molecule has 4 nitrogen and oxygen atoms in total. The fourth-order valence-electron chi connectivity index (χ4n) is 2.55. The zero-order chi connectivity index (χ0) is 11.8. The van der Waals surface area contributed by atoms with E-state index >= 15 is 0 Å². The summed E-state index contributed by atoms with van der Waals surface area (Å²) in [6.07, 6.45) is 2.49. The molecule has 4 heteroatoms. The third kappa shape index (κ3) is 1.69. The molecule has 0 saturated carbocycles. The molecule has 1 aromatic carbocycles. The van der Waals surface area contributed by atoms with Gasteiger partial charge in [-0.25, -0.2) is 4.79 Å². The third-order valence-electron chi connectivity index (χ3n) is 3.43. The Morgan fingerprint density at radius 2 is 2.06 bits per heavy atom. The summed E-state index contributed by atoms with van der Waals surface area (Å²) in [5.74, 6) is -0.933. The Morgan fingerprint density at radius 1 is 1.29 bits per heavy atom. The maximum absolute atomic E-state index is 11.0. The highest BCUT2D eigenvalue weighted by atomic mass is 16.4. The zero-order valence-corrected chi connectivity index (χ0v) is 9.52. The van der Waals surface area contributed by atoms with Crippen molar-refractivity contribution in [3.8, 4) is 0 Å². The van der Waals surface area contributed by atoms with Crippen molar-refractivity contribution in [1.29, 1.82) is 0 Å². The monoisotopic (exact) mass is 230 g/mol. The fourth-order valence-corrected chi connectivity index (χ4v) is 2.55. The third-order valence-corrected chi connectivity index (χ3v) is 3.43. The number of anilines is 1. The van der Waals surface area contributed by atoms with Crippen LogP contribution in [-0.4, -0.2) is 29.9 Å². The first kappa shape index (κ1) is 10.3. The molecule has 1 fully saturated rings. The molecular formula is C13H14N2O2. The van der Waals surface area contributed by atoms with E-state index in [1.165, 1.54) is 18.5 Å². The Bertz CT molecular complexity index is 502. The zero-order valence-electron chi connectivity index (χ0n) is 9.52. The van der Waals surface area contributed by atoms with Gasteiger partial charge in [0.25, 0.3) is 0 Å². The van der Waals surface area contributed by atoms with Gasteiger partial charge >= 0.3 is 5.97 Å². The van der Waals surface area contributed by atoms with E-state index in [1.807, 2.05) is 12.1 Å². The van der Waals surface area contributed by atoms with Crippen LogP contribution in [0.1, 0.15) is 24.0 Å². The highest BCUT2D eigenvalue weighted by Gasteiger charge is 2.22. The topological polar surface area (TPSA) is 52.9 Å². The van der Waals surface area contributed by atoms with Gasteiger partial charge in [-0.1, -0.05) is 6.07 Å². The van der Waals surface area contributed by atoms with Crippen LogP contribution in [0.5, 0.6) is 0 Å². The molecule has 3 rings (SSSR count). The predicted octanol–water partition coefficient (Wildman–Crippen LogP) is 1.67. The first-order valence-corrected chi connectivity index (χ1v) is 5.92. The molecule has 17 heavy (non-hydrogen) atoms. The number of carbonyl (C=O) groups is 1. The van der Waals surface area contributed by atoms with Crippen LogP contribution in [-0.2, 0) is 11.3 Å². The van der Waals surface area contributed by atoms with E-state index in [4.69, 9.17) is 5.11 Å². The van der Waals surface area contributed by atoms with Crippen molar-refractivity contribution in [1.82, 2.24) is 0 Å². The lowest BCUT2D eigenvalue weighted by atomic mass is 10.0. The van der Waals surface area contributed by atoms with E-state index in [1.54, 1.807) is 0 Å². The minimum Gasteiger partial charge on any atom is -0.477 e. The predicted molar refractivity (Wildman–Crippen MR) is 65.8 cm³/mol. The van der Waals surface area contributed by atoms with Gasteiger partial charge in [0.15, 0.2) is 5.71 Å². The van der Waals surface area contributed by atoms with Gasteiger partial charge in [-0.2, -0.15) is 0 Å². The molecule has 0 amide bonds. The van der Waals surface area contributed by atoms with Crippen LogP contribution in [0.4, 0.5) is 5.69 Å². The number of aliphatic carboxylic acids is 1. The van der Waals surface area contributed by atoms with Crippen LogP contribution in [0, 0.1) is 0 Å². The molecule has 0 unspecified atom stereocenters. The van der Waals surface area contributed by atoms with E-state index in [0.29, 0.717) is 6.54 Å². The van der Waals surface area contributed by atoms with Gasteiger partial charge in [0.1, 0.15) is 0 Å². The van der Waals surface area contributed by atoms with E-state index in [0.717, 1.165) is 24.2 Å². The molecule has 2 aliphatic heterocycles. The lowest BCUT2D eigenvalue weighted by molar-refractivity contribution is -0.129. The fraction of sp³-hybridized carbons (Fsp3) is 0.385. The van der Waals surface area contributed by atoms with Gasteiger partial charge in [-0.3, -0.25) is 4.99 Å². The summed E-state index contributed by atoms with van der Waals surface area (Å²) in [6, 6.07) is 5.98. The number of nitrogens with zero attached hydrogens (tertiary/aromatic N) is 2. The standard InChI is InChI=1S/C13H14N2O2/c16-13(17)12-11-4-3-10(7-9(11)8-14-12)15-5-1-2-6-15/h3-4,7H,1-2,5-6,8H2,(H,16,17). The van der Waals surface area contributed by atoms with Gasteiger partial charge in [-0.15, -0.1) is 0 Å². The molecule has 2 heterocycles. The lowest BCUT2D eigenvalue weighted by Gasteiger charge is -2.18. The molecular weight excluding hydrogens is 216 g/mol. The van der Waals surface area contributed by atoms with Crippen LogP contribution in [0.2, 0.25) is 0 Å². The van der Waals surface area contributed by atoms with Gasteiger partial charge in [0.2, 0.25) is 0 Å². The van der Waals surface area contributed by atoms with Crippen molar-refractivity contribution in [3.63, 3.8) is 0 Å². The lowest BCUT2D eigenvalue weighted by Crippen LogP contribution is -2.18. The van der Waals surface area contributed by atoms with Crippen molar-refractivity contribution in [3.05, 3.63) is 29.3 Å². The molecule has 0 aromatic heterocycles. The maximum atomic E-state index is 11.0. The van der Waals surface area contributed by atoms with Crippen molar-refractivity contribution < 1.29 is 9.90 Å². The summed E-state index contributed by atoms with van der Waals surface area (Å²) in [7, 11) is 0. The summed E-state index contributed by atoms with van der Waals surface area (Å²) >= 11 is 0. The van der Waals surface area contributed by atoms with E-state index < -0.39 is 5.97 Å². The summed E-state index contributed by atoms with van der Waals surface area (Å²) < 4.78 is 0. The number of carboxylic acids is 1. The van der Waals surface area contributed by atoms with E-state index in [2.05, 4.69) is 16.0 Å². The van der Waals surface area contributed by atoms with Crippen LogP contribution in [0.3, 0.4) is 0 Å². The first-order valence-electron chi connectivity index (χ1n) is 5.92. The van der Waals surface area contributed by atoms with Gasteiger partial charge < -0.3 is 10.0 Å². The van der Waals surface area contributed by atoms with Crippen molar-refractivity contribution in [2.75, 3.05) is 18.0 Å². The van der Waals surface area contributed by atoms with Gasteiger partial charge in [0.05, 0.1) is 6.54 Å². The summed E-state index contributed by atoms with van der Waals surface area (Å²) in [6.45, 7) is 2.70. The van der Waals surface area contributed by atoms with Crippen molar-refractivity contribution in [2.24, 2.45) is 4.99 Å². The van der Waals surface area contributed by atoms with Gasteiger partial charge in [-0.05, 0) is 30.5 Å². The molecule has 0 aliphatic carbocycles. The quantitative estimate of drug-likeness (QED) is 0.840. The molecule has 0 spiro atoms. The molecule has 1 saturated heterocycles. The number of aliphatic imine (C=N–C) groups is 1.